The van der Waals surface area contributed by atoms with Gasteiger partial charge < -0.3 is 15.8 Å². The topological polar surface area (TPSA) is 97.0 Å². The molecule has 3 N–H and O–H groups in total. The van der Waals surface area contributed by atoms with E-state index in [0.29, 0.717) is 25.2 Å². The fourth-order valence-corrected chi connectivity index (χ4v) is 4.54. The maximum absolute atomic E-state index is 12.6. The molecule has 30 heavy (non-hydrogen) atoms. The fourth-order valence-electron chi connectivity index (χ4n) is 4.54. The van der Waals surface area contributed by atoms with E-state index in [4.69, 9.17) is 5.73 Å². The molecule has 2 fully saturated rings. The second-order valence-electron chi connectivity index (χ2n) is 7.65. The van der Waals surface area contributed by atoms with E-state index in [9.17, 15) is 22.8 Å². The van der Waals surface area contributed by atoms with Crippen LogP contribution in [-0.4, -0.2) is 42.1 Å². The number of rotatable bonds is 6. The number of aliphatic imine (C=N–C) groups is 1. The van der Waals surface area contributed by atoms with Crippen LogP contribution in [0.2, 0.25) is 0 Å². The van der Waals surface area contributed by atoms with E-state index in [1.54, 1.807) is 0 Å². The van der Waals surface area contributed by atoms with Gasteiger partial charge in [-0.25, -0.2) is 0 Å². The number of halogens is 3. The van der Waals surface area contributed by atoms with E-state index in [-0.39, 0.29) is 47.2 Å². The molecule has 1 aromatic rings. The molecule has 3 aliphatic rings. The van der Waals surface area contributed by atoms with Crippen molar-refractivity contribution in [2.24, 2.45) is 34.4 Å². The van der Waals surface area contributed by atoms with E-state index in [1.807, 2.05) is 0 Å². The minimum Gasteiger partial charge on any atom is -0.406 e. The van der Waals surface area contributed by atoms with Gasteiger partial charge in [-0.15, -0.1) is 13.2 Å². The minimum absolute atomic E-state index is 0.0812. The van der Waals surface area contributed by atoms with Crippen molar-refractivity contribution < 1.29 is 27.5 Å². The predicted octanol–water partition coefficient (Wildman–Crippen LogP) is 2.51. The van der Waals surface area contributed by atoms with Gasteiger partial charge in [-0.2, -0.15) is 0 Å². The first-order chi connectivity index (χ1) is 14.2. The van der Waals surface area contributed by atoms with Crippen LogP contribution >= 0.6 is 0 Å². The molecule has 2 amide bonds. The van der Waals surface area contributed by atoms with Crippen molar-refractivity contribution in [3.05, 3.63) is 36.4 Å². The normalized spacial score (nSPS) is 27.7. The summed E-state index contributed by atoms with van der Waals surface area (Å²) in [5.41, 5.74) is 6.24. The van der Waals surface area contributed by atoms with Crippen LogP contribution in [0.25, 0.3) is 0 Å². The first-order valence-corrected chi connectivity index (χ1v) is 9.69. The average molecular weight is 422 g/mol. The predicted molar refractivity (Wildman–Crippen MR) is 102 cm³/mol. The summed E-state index contributed by atoms with van der Waals surface area (Å²) in [5, 5.41) is 2.77. The molecule has 1 aliphatic heterocycles. The molecule has 10 heteroatoms. The Balaban J connectivity index is 1.24. The van der Waals surface area contributed by atoms with Gasteiger partial charge in [-0.05, 0) is 48.9 Å². The highest BCUT2D eigenvalue weighted by molar-refractivity contribution is 6.06. The third kappa shape index (κ3) is 3.99. The van der Waals surface area contributed by atoms with Gasteiger partial charge in [-0.1, -0.05) is 12.2 Å². The number of benzene rings is 1. The molecule has 2 bridgehead atoms. The molecule has 0 aromatic heterocycles. The highest BCUT2D eigenvalue weighted by Crippen LogP contribution is 2.52. The summed E-state index contributed by atoms with van der Waals surface area (Å²) in [6.45, 7) is 0.593. The Morgan fingerprint density at radius 3 is 2.30 bits per heavy atom. The van der Waals surface area contributed by atoms with E-state index in [1.165, 1.54) is 17.0 Å². The lowest BCUT2D eigenvalue weighted by Gasteiger charge is -2.16. The molecule has 1 heterocycles. The molecule has 1 saturated carbocycles. The number of hydrogen-bond acceptors (Lipinski definition) is 4. The minimum atomic E-state index is -4.75. The van der Waals surface area contributed by atoms with Crippen LogP contribution in [0.15, 0.2) is 41.4 Å². The summed E-state index contributed by atoms with van der Waals surface area (Å²) in [7, 11) is 0. The zero-order chi connectivity index (χ0) is 21.5. The Morgan fingerprint density at radius 1 is 1.13 bits per heavy atom. The lowest BCUT2D eigenvalue weighted by molar-refractivity contribution is -0.274. The maximum atomic E-state index is 12.6. The molecule has 0 spiro atoms. The third-order valence-electron chi connectivity index (χ3n) is 5.74. The number of carbonyl (C=O) groups excluding carboxylic acids is 2. The highest BCUT2D eigenvalue weighted by Gasteiger charge is 2.58. The standard InChI is InChI=1S/C20H21F3N4O3/c21-20(22,23)30-14-6-4-13(5-7-14)26-19(24)25-8-1-9-27-17(28)15-11-2-3-12(10-11)16(15)18(27)29/h2-7,11-12,15-16H,1,8-10H2,(H3,24,25,26). The average Bonchev–Trinajstić information content (AvgIpc) is 3.34. The molecule has 2 aliphatic carbocycles. The lowest BCUT2D eigenvalue weighted by atomic mass is 9.85. The Bertz CT molecular complexity index is 868. The van der Waals surface area contributed by atoms with Crippen molar-refractivity contribution in [3.8, 4) is 5.75 Å². The third-order valence-corrected chi connectivity index (χ3v) is 5.74. The molecule has 4 atom stereocenters. The van der Waals surface area contributed by atoms with Crippen molar-refractivity contribution in [1.82, 2.24) is 4.90 Å². The summed E-state index contributed by atoms with van der Waals surface area (Å²) in [4.78, 5) is 30.7. The van der Waals surface area contributed by atoms with Crippen molar-refractivity contribution in [2.75, 3.05) is 18.4 Å². The molecule has 1 aromatic carbocycles. The fraction of sp³-hybridized carbons (Fsp3) is 0.450. The Labute approximate surface area is 170 Å². The number of likely N-dealkylation sites (tertiary alicyclic amines) is 1. The number of guanidine groups is 1. The zero-order valence-corrected chi connectivity index (χ0v) is 15.9. The Morgan fingerprint density at radius 2 is 1.73 bits per heavy atom. The lowest BCUT2D eigenvalue weighted by Crippen LogP contribution is -2.34. The monoisotopic (exact) mass is 422 g/mol. The van der Waals surface area contributed by atoms with Crippen LogP contribution in [-0.2, 0) is 9.59 Å². The van der Waals surface area contributed by atoms with Crippen LogP contribution in [0.4, 0.5) is 18.9 Å². The van der Waals surface area contributed by atoms with E-state index < -0.39 is 6.36 Å². The number of nitrogens with zero attached hydrogens (tertiary/aromatic N) is 2. The molecule has 4 unspecified atom stereocenters. The van der Waals surface area contributed by atoms with Gasteiger partial charge in [0.25, 0.3) is 0 Å². The molecule has 160 valence electrons. The number of allylic oxidation sites excluding steroid dienone is 2. The SMILES string of the molecule is NC(=NCCCN1C(=O)C2C3C=CC(C3)C2C1=O)Nc1ccc(OC(F)(F)F)cc1. The number of hydrogen-bond donors (Lipinski definition) is 2. The maximum Gasteiger partial charge on any atom is 0.573 e. The largest absolute Gasteiger partial charge is 0.573 e. The first-order valence-electron chi connectivity index (χ1n) is 9.69. The number of imide groups is 1. The second kappa shape index (κ2) is 7.66. The number of fused-ring (bicyclic) bond motifs is 5. The quantitative estimate of drug-likeness (QED) is 0.241. The van der Waals surface area contributed by atoms with E-state index >= 15 is 0 Å². The Hall–Kier alpha value is -3.04. The Kier molecular flexibility index (Phi) is 5.17. The van der Waals surface area contributed by atoms with Crippen LogP contribution in [0.5, 0.6) is 5.75 Å². The highest BCUT2D eigenvalue weighted by atomic mass is 19.4. The van der Waals surface area contributed by atoms with Crippen molar-refractivity contribution in [2.45, 2.75) is 19.2 Å². The summed E-state index contributed by atoms with van der Waals surface area (Å²) >= 11 is 0. The van der Waals surface area contributed by atoms with Crippen LogP contribution in [0.1, 0.15) is 12.8 Å². The second-order valence-corrected chi connectivity index (χ2v) is 7.65. The first kappa shape index (κ1) is 20.2. The van der Waals surface area contributed by atoms with E-state index in [2.05, 4.69) is 27.2 Å². The number of alkyl halides is 3. The van der Waals surface area contributed by atoms with Crippen molar-refractivity contribution in [1.29, 1.82) is 0 Å². The van der Waals surface area contributed by atoms with Gasteiger partial charge in [0.15, 0.2) is 5.96 Å². The molecule has 4 rings (SSSR count). The molecular formula is C20H21F3N4O3. The molecule has 7 nitrogen and oxygen atoms in total. The van der Waals surface area contributed by atoms with Gasteiger partial charge >= 0.3 is 6.36 Å². The number of ether oxygens (including phenoxy) is 1. The summed E-state index contributed by atoms with van der Waals surface area (Å²) in [6, 6.07) is 5.08. The van der Waals surface area contributed by atoms with Gasteiger partial charge in [-0.3, -0.25) is 19.5 Å². The number of anilines is 1. The van der Waals surface area contributed by atoms with Crippen LogP contribution in [0, 0.1) is 23.7 Å². The van der Waals surface area contributed by atoms with Crippen LogP contribution in [0.3, 0.4) is 0 Å². The summed E-state index contributed by atoms with van der Waals surface area (Å²) in [5.74, 6) is -0.454. The van der Waals surface area contributed by atoms with Crippen LogP contribution < -0.4 is 15.8 Å². The number of nitrogens with one attached hydrogen (secondary N) is 1. The van der Waals surface area contributed by atoms with Gasteiger partial charge in [0.2, 0.25) is 11.8 Å². The van der Waals surface area contributed by atoms with Gasteiger partial charge in [0, 0.05) is 18.8 Å². The van der Waals surface area contributed by atoms with Crippen molar-refractivity contribution in [3.63, 3.8) is 0 Å². The summed E-state index contributed by atoms with van der Waals surface area (Å²) < 4.78 is 40.3. The molecule has 1 saturated heterocycles. The number of amides is 2. The number of carbonyl (C=O) groups is 2. The van der Waals surface area contributed by atoms with E-state index in [0.717, 1.165) is 18.6 Å². The zero-order valence-electron chi connectivity index (χ0n) is 15.9. The van der Waals surface area contributed by atoms with Gasteiger partial charge in [0.1, 0.15) is 5.75 Å². The molecular weight excluding hydrogens is 401 g/mol. The smallest absolute Gasteiger partial charge is 0.406 e. The number of nitrogens with two attached hydrogens (primary N) is 1. The van der Waals surface area contributed by atoms with Crippen molar-refractivity contribution >= 4 is 23.5 Å². The molecule has 0 radical (unpaired) electrons. The summed E-state index contributed by atoms with van der Waals surface area (Å²) in [6.07, 6.45) is 0.733. The van der Waals surface area contributed by atoms with Gasteiger partial charge in [0.05, 0.1) is 11.8 Å².